The summed E-state index contributed by atoms with van der Waals surface area (Å²) < 4.78 is 1.94. The van der Waals surface area contributed by atoms with Crippen LogP contribution in [0.1, 0.15) is 21.6 Å². The predicted octanol–water partition coefficient (Wildman–Crippen LogP) is 3.16. The van der Waals surface area contributed by atoms with Gasteiger partial charge in [-0.2, -0.15) is 10.2 Å². The highest BCUT2D eigenvalue weighted by molar-refractivity contribution is 5.97. The molecule has 1 aliphatic heterocycles. The summed E-state index contributed by atoms with van der Waals surface area (Å²) >= 11 is 0. The van der Waals surface area contributed by atoms with Gasteiger partial charge in [0.1, 0.15) is 0 Å². The first kappa shape index (κ1) is 15.8. The first-order chi connectivity index (χ1) is 13.2. The van der Waals surface area contributed by atoms with Crippen LogP contribution >= 0.6 is 0 Å². The van der Waals surface area contributed by atoms with E-state index in [-0.39, 0.29) is 5.91 Å². The fourth-order valence-corrected chi connectivity index (χ4v) is 3.90. The molecule has 0 bridgehead atoms. The van der Waals surface area contributed by atoms with E-state index in [1.54, 1.807) is 6.20 Å². The van der Waals surface area contributed by atoms with Crippen LogP contribution in [-0.4, -0.2) is 37.3 Å². The van der Waals surface area contributed by atoms with Crippen molar-refractivity contribution in [2.45, 2.75) is 13.0 Å². The third-order valence-corrected chi connectivity index (χ3v) is 5.22. The molecule has 6 nitrogen and oxygen atoms in total. The molecule has 0 spiro atoms. The second-order valence-corrected chi connectivity index (χ2v) is 6.91. The SMILES string of the molecule is Cn1nc2c(c1-c1ccccc1)CCN(C(=O)c1ccc3cn[nH]c3c1)C2. The first-order valence-corrected chi connectivity index (χ1v) is 9.03. The summed E-state index contributed by atoms with van der Waals surface area (Å²) in [5.41, 5.74) is 6.10. The van der Waals surface area contributed by atoms with E-state index < -0.39 is 0 Å². The smallest absolute Gasteiger partial charge is 0.254 e. The zero-order valence-electron chi connectivity index (χ0n) is 15.0. The van der Waals surface area contributed by atoms with Crippen molar-refractivity contribution in [3.05, 3.63) is 71.5 Å². The third kappa shape index (κ3) is 2.61. The molecule has 3 heterocycles. The minimum Gasteiger partial charge on any atom is -0.332 e. The maximum Gasteiger partial charge on any atom is 0.254 e. The molecule has 1 aliphatic rings. The number of H-pyrrole nitrogens is 1. The van der Waals surface area contributed by atoms with E-state index in [4.69, 9.17) is 5.10 Å². The van der Waals surface area contributed by atoms with E-state index in [1.165, 1.54) is 11.1 Å². The van der Waals surface area contributed by atoms with Gasteiger partial charge in [0.25, 0.3) is 5.91 Å². The molecule has 0 unspecified atom stereocenters. The average Bonchev–Trinajstić information content (AvgIpc) is 3.30. The Morgan fingerprint density at radius 3 is 2.85 bits per heavy atom. The van der Waals surface area contributed by atoms with Crippen molar-refractivity contribution in [2.24, 2.45) is 7.05 Å². The van der Waals surface area contributed by atoms with Crippen molar-refractivity contribution >= 4 is 16.8 Å². The molecule has 0 saturated heterocycles. The van der Waals surface area contributed by atoms with Crippen molar-refractivity contribution in [1.29, 1.82) is 0 Å². The number of aromatic nitrogens is 4. The van der Waals surface area contributed by atoms with E-state index in [0.717, 1.165) is 28.7 Å². The number of hydrogen-bond donors (Lipinski definition) is 1. The van der Waals surface area contributed by atoms with Crippen LogP contribution in [0.5, 0.6) is 0 Å². The molecule has 0 fully saturated rings. The lowest BCUT2D eigenvalue weighted by atomic mass is 9.99. The molecule has 27 heavy (non-hydrogen) atoms. The molecule has 134 valence electrons. The summed E-state index contributed by atoms with van der Waals surface area (Å²) in [6.07, 6.45) is 2.57. The van der Waals surface area contributed by atoms with E-state index in [2.05, 4.69) is 22.3 Å². The molecule has 0 atom stereocenters. The van der Waals surface area contributed by atoms with Gasteiger partial charge >= 0.3 is 0 Å². The van der Waals surface area contributed by atoms with Gasteiger partial charge in [-0.3, -0.25) is 14.6 Å². The van der Waals surface area contributed by atoms with Crippen LogP contribution in [0.15, 0.2) is 54.7 Å². The van der Waals surface area contributed by atoms with Crippen molar-refractivity contribution in [3.8, 4) is 11.3 Å². The first-order valence-electron chi connectivity index (χ1n) is 9.03. The average molecular weight is 357 g/mol. The fraction of sp³-hybridized carbons (Fsp3) is 0.190. The summed E-state index contributed by atoms with van der Waals surface area (Å²) in [7, 11) is 1.97. The topological polar surface area (TPSA) is 66.8 Å². The van der Waals surface area contributed by atoms with Gasteiger partial charge in [-0.25, -0.2) is 0 Å². The number of aryl methyl sites for hydroxylation is 1. The fourth-order valence-electron chi connectivity index (χ4n) is 3.90. The Labute approximate surface area is 156 Å². The van der Waals surface area contributed by atoms with Crippen LogP contribution in [0.25, 0.3) is 22.2 Å². The highest BCUT2D eigenvalue weighted by Crippen LogP contribution is 2.30. The lowest BCUT2D eigenvalue weighted by molar-refractivity contribution is 0.0732. The van der Waals surface area contributed by atoms with E-state index >= 15 is 0 Å². The van der Waals surface area contributed by atoms with E-state index in [1.807, 2.05) is 53.0 Å². The summed E-state index contributed by atoms with van der Waals surface area (Å²) in [6, 6.07) is 16.0. The van der Waals surface area contributed by atoms with Gasteiger partial charge < -0.3 is 4.90 Å². The molecule has 0 aliphatic carbocycles. The molecule has 6 heteroatoms. The molecule has 1 amide bonds. The summed E-state index contributed by atoms with van der Waals surface area (Å²) in [4.78, 5) is 14.9. The number of carbonyl (C=O) groups excluding carboxylic acids is 1. The van der Waals surface area contributed by atoms with Gasteiger partial charge in [0.15, 0.2) is 0 Å². The van der Waals surface area contributed by atoms with Crippen LogP contribution in [0.2, 0.25) is 0 Å². The molecule has 2 aromatic heterocycles. The lowest BCUT2D eigenvalue weighted by Crippen LogP contribution is -2.36. The number of carbonyl (C=O) groups is 1. The van der Waals surface area contributed by atoms with E-state index in [0.29, 0.717) is 18.7 Å². The number of nitrogens with zero attached hydrogens (tertiary/aromatic N) is 4. The third-order valence-electron chi connectivity index (χ3n) is 5.22. The van der Waals surface area contributed by atoms with Gasteiger partial charge in [-0.15, -0.1) is 0 Å². The molecule has 5 rings (SSSR count). The zero-order valence-corrected chi connectivity index (χ0v) is 15.0. The van der Waals surface area contributed by atoms with Crippen LogP contribution in [0, 0.1) is 0 Å². The Morgan fingerprint density at radius 2 is 2.00 bits per heavy atom. The number of hydrogen-bond acceptors (Lipinski definition) is 3. The maximum atomic E-state index is 13.0. The van der Waals surface area contributed by atoms with Crippen LogP contribution in [-0.2, 0) is 20.0 Å². The Bertz CT molecular complexity index is 1140. The second kappa shape index (κ2) is 6.09. The van der Waals surface area contributed by atoms with Crippen LogP contribution in [0.3, 0.4) is 0 Å². The number of amides is 1. The molecular weight excluding hydrogens is 338 g/mol. The Hall–Kier alpha value is -3.41. The Balaban J connectivity index is 1.45. The monoisotopic (exact) mass is 357 g/mol. The summed E-state index contributed by atoms with van der Waals surface area (Å²) in [5.74, 6) is 0.0315. The molecule has 0 radical (unpaired) electrons. The highest BCUT2D eigenvalue weighted by Gasteiger charge is 2.27. The van der Waals surface area contributed by atoms with Crippen molar-refractivity contribution in [1.82, 2.24) is 24.9 Å². The van der Waals surface area contributed by atoms with Crippen molar-refractivity contribution < 1.29 is 4.79 Å². The number of rotatable bonds is 2. The van der Waals surface area contributed by atoms with Gasteiger partial charge in [0.2, 0.25) is 0 Å². The van der Waals surface area contributed by atoms with Crippen molar-refractivity contribution in [3.63, 3.8) is 0 Å². The zero-order chi connectivity index (χ0) is 18.4. The van der Waals surface area contributed by atoms with Crippen LogP contribution in [0.4, 0.5) is 0 Å². The lowest BCUT2D eigenvalue weighted by Gasteiger charge is -2.26. The molecule has 0 saturated carbocycles. The number of nitrogens with one attached hydrogen (secondary N) is 1. The number of aromatic amines is 1. The van der Waals surface area contributed by atoms with Gasteiger partial charge in [-0.1, -0.05) is 36.4 Å². The van der Waals surface area contributed by atoms with Crippen molar-refractivity contribution in [2.75, 3.05) is 6.54 Å². The molecule has 1 N–H and O–H groups in total. The minimum atomic E-state index is 0.0315. The number of fused-ring (bicyclic) bond motifs is 2. The standard InChI is InChI=1S/C21H19N5O/c1-25-20(14-5-3-2-4-6-14)17-9-10-26(13-19(17)24-25)21(27)15-7-8-16-12-22-23-18(16)11-15/h2-8,11-12H,9-10,13H2,1H3,(H,22,23). The normalized spacial score (nSPS) is 13.7. The van der Waals surface area contributed by atoms with Crippen LogP contribution < -0.4 is 0 Å². The van der Waals surface area contributed by atoms with Gasteiger partial charge in [-0.05, 0) is 18.6 Å². The quantitative estimate of drug-likeness (QED) is 0.599. The molecule has 2 aromatic carbocycles. The second-order valence-electron chi connectivity index (χ2n) is 6.91. The summed E-state index contributed by atoms with van der Waals surface area (Å²) in [6.45, 7) is 1.23. The minimum absolute atomic E-state index is 0.0315. The molecular formula is C21H19N5O. The van der Waals surface area contributed by atoms with E-state index in [9.17, 15) is 4.79 Å². The number of benzene rings is 2. The molecule has 4 aromatic rings. The largest absolute Gasteiger partial charge is 0.332 e. The van der Waals surface area contributed by atoms with Gasteiger partial charge in [0, 0.05) is 35.7 Å². The predicted molar refractivity (Wildman–Crippen MR) is 103 cm³/mol. The Morgan fingerprint density at radius 1 is 1.15 bits per heavy atom. The maximum absolute atomic E-state index is 13.0. The van der Waals surface area contributed by atoms with Gasteiger partial charge in [0.05, 0.1) is 29.6 Å². The summed E-state index contributed by atoms with van der Waals surface area (Å²) in [5, 5.41) is 12.7. The highest BCUT2D eigenvalue weighted by atomic mass is 16.2. The Kier molecular flexibility index (Phi) is 3.57.